The van der Waals surface area contributed by atoms with Crippen molar-refractivity contribution in [3.63, 3.8) is 0 Å². The van der Waals surface area contributed by atoms with Crippen LogP contribution in [0.2, 0.25) is 0 Å². The zero-order chi connectivity index (χ0) is 42.4. The monoisotopic (exact) mass is 819 g/mol. The van der Waals surface area contributed by atoms with Gasteiger partial charge in [0.15, 0.2) is 0 Å². The molecule has 0 saturated heterocycles. The molecule has 0 aromatic heterocycles. The lowest BCUT2D eigenvalue weighted by Gasteiger charge is -2.23. The summed E-state index contributed by atoms with van der Waals surface area (Å²) in [5, 5.41) is 6.08. The van der Waals surface area contributed by atoms with Gasteiger partial charge in [-0.1, -0.05) is 219 Å². The molecule has 8 nitrogen and oxygen atoms in total. The molecule has 0 aliphatic heterocycles. The number of carbonyl (C=O) groups is 4. The third-order valence-corrected chi connectivity index (χ3v) is 11.8. The highest BCUT2D eigenvalue weighted by Gasteiger charge is 2.14. The molecule has 0 unspecified atom stereocenters. The fraction of sp³-hybridized carbons (Fsp3) is 0.920. The van der Waals surface area contributed by atoms with E-state index < -0.39 is 0 Å². The molecule has 0 aliphatic rings. The molecule has 0 fully saturated rings. The van der Waals surface area contributed by atoms with E-state index in [-0.39, 0.29) is 23.6 Å². The van der Waals surface area contributed by atoms with E-state index in [1.165, 1.54) is 167 Å². The first-order chi connectivity index (χ1) is 28.4. The highest BCUT2D eigenvalue weighted by Crippen LogP contribution is 2.16. The minimum Gasteiger partial charge on any atom is -0.370 e. The van der Waals surface area contributed by atoms with Crippen LogP contribution in [0.4, 0.5) is 0 Å². The Bertz CT molecular complexity index is 877. The van der Waals surface area contributed by atoms with Crippen molar-refractivity contribution in [2.24, 2.45) is 5.73 Å². The second-order valence-electron chi connectivity index (χ2n) is 17.6. The van der Waals surface area contributed by atoms with Gasteiger partial charge in [0.1, 0.15) is 0 Å². The highest BCUT2D eigenvalue weighted by atomic mass is 16.2. The van der Waals surface area contributed by atoms with Crippen molar-refractivity contribution in [1.82, 2.24) is 15.5 Å². The number of rotatable bonds is 47. The molecule has 0 bridgehead atoms. The average Bonchev–Trinajstić information content (AvgIpc) is 3.21. The molecule has 4 amide bonds. The normalized spacial score (nSPS) is 11.2. The summed E-state index contributed by atoms with van der Waals surface area (Å²) in [5.74, 6) is -0.0272. The molecule has 0 rings (SSSR count). The maximum atomic E-state index is 13.2. The summed E-state index contributed by atoms with van der Waals surface area (Å²) in [4.78, 5) is 51.1. The molecule has 0 atom stereocenters. The van der Waals surface area contributed by atoms with Crippen LogP contribution in [-0.2, 0) is 19.2 Å². The lowest BCUT2D eigenvalue weighted by molar-refractivity contribution is -0.132. The summed E-state index contributed by atoms with van der Waals surface area (Å²) in [6.45, 7) is 6.36. The Balaban J connectivity index is 4.20. The lowest BCUT2D eigenvalue weighted by Crippen LogP contribution is -2.42. The largest absolute Gasteiger partial charge is 0.370 e. The molecular weight excluding hydrogens is 721 g/mol. The number of primary amides is 1. The molecule has 0 aromatic carbocycles. The van der Waals surface area contributed by atoms with Crippen LogP contribution in [0.15, 0.2) is 0 Å². The summed E-state index contributed by atoms with van der Waals surface area (Å²) < 4.78 is 0. The van der Waals surface area contributed by atoms with Crippen LogP contribution in [0.1, 0.15) is 271 Å². The van der Waals surface area contributed by atoms with Gasteiger partial charge in [-0.3, -0.25) is 19.2 Å². The van der Waals surface area contributed by atoms with Gasteiger partial charge < -0.3 is 21.3 Å². The van der Waals surface area contributed by atoms with Crippen molar-refractivity contribution in [3.8, 4) is 0 Å². The Kier molecular flexibility index (Phi) is 44.3. The van der Waals surface area contributed by atoms with Crippen LogP contribution in [-0.4, -0.2) is 54.7 Å². The second-order valence-corrected chi connectivity index (χ2v) is 17.6. The molecule has 342 valence electrons. The molecule has 0 heterocycles. The van der Waals surface area contributed by atoms with Gasteiger partial charge in [0.05, 0.1) is 0 Å². The topological polar surface area (TPSA) is 122 Å². The number of unbranched alkanes of at least 4 members (excludes halogenated alkanes) is 33. The maximum absolute atomic E-state index is 13.2. The van der Waals surface area contributed by atoms with E-state index in [9.17, 15) is 19.2 Å². The van der Waals surface area contributed by atoms with Crippen molar-refractivity contribution in [3.05, 3.63) is 0 Å². The Hall–Kier alpha value is -2.12. The number of nitrogens with zero attached hydrogens (tertiary/aromatic N) is 1. The van der Waals surface area contributed by atoms with Gasteiger partial charge in [0.2, 0.25) is 23.6 Å². The Morgan fingerprint density at radius 2 is 0.586 bits per heavy atom. The zero-order valence-corrected chi connectivity index (χ0v) is 38.8. The van der Waals surface area contributed by atoms with E-state index in [2.05, 4.69) is 24.5 Å². The van der Waals surface area contributed by atoms with E-state index >= 15 is 0 Å². The van der Waals surface area contributed by atoms with Gasteiger partial charge in [-0.25, -0.2) is 0 Å². The number of nitrogens with two attached hydrogens (primary N) is 1. The zero-order valence-electron chi connectivity index (χ0n) is 38.8. The van der Waals surface area contributed by atoms with Crippen molar-refractivity contribution < 1.29 is 19.2 Å². The standard InChI is InChI=1S/C50H98N4O4/c1-3-5-7-9-11-13-15-17-19-21-23-25-27-32-36-40-48(56)52-43-45-54(50(58)42-38-34-30-29-31-35-39-47(51)55)46-44-53-49(57)41-37-33-28-26-24-22-20-18-16-14-12-10-8-6-4-2/h3-46H2,1-2H3,(H2,51,55)(H,52,56)(H,53,57). The number of hydrogen-bond acceptors (Lipinski definition) is 4. The first kappa shape index (κ1) is 55.9. The molecule has 8 heteroatoms. The number of carbonyl (C=O) groups excluding carboxylic acids is 4. The molecular formula is C50H98N4O4. The van der Waals surface area contributed by atoms with Crippen molar-refractivity contribution in [2.75, 3.05) is 26.2 Å². The third-order valence-electron chi connectivity index (χ3n) is 11.8. The quantitative estimate of drug-likeness (QED) is 0.0529. The van der Waals surface area contributed by atoms with Crippen LogP contribution in [0.25, 0.3) is 0 Å². The molecule has 0 saturated carbocycles. The van der Waals surface area contributed by atoms with E-state index in [0.29, 0.717) is 51.9 Å². The van der Waals surface area contributed by atoms with E-state index in [4.69, 9.17) is 5.73 Å². The molecule has 58 heavy (non-hydrogen) atoms. The van der Waals surface area contributed by atoms with Crippen LogP contribution < -0.4 is 16.4 Å². The minimum absolute atomic E-state index is 0.0650. The predicted molar refractivity (Wildman–Crippen MR) is 248 cm³/mol. The second kappa shape index (κ2) is 46.0. The summed E-state index contributed by atoms with van der Waals surface area (Å²) in [6.07, 6.45) is 46.9. The lowest BCUT2D eigenvalue weighted by atomic mass is 10.0. The summed E-state index contributed by atoms with van der Waals surface area (Å²) >= 11 is 0. The number of nitrogens with one attached hydrogen (secondary N) is 2. The smallest absolute Gasteiger partial charge is 0.222 e. The summed E-state index contributed by atoms with van der Waals surface area (Å²) in [5.41, 5.74) is 5.23. The first-order valence-corrected chi connectivity index (χ1v) is 25.5. The molecule has 0 aromatic rings. The number of hydrogen-bond donors (Lipinski definition) is 3. The Morgan fingerprint density at radius 1 is 0.345 bits per heavy atom. The van der Waals surface area contributed by atoms with E-state index in [1.807, 2.05) is 4.90 Å². The SMILES string of the molecule is CCCCCCCCCCCCCCCCCC(=O)NCCN(CCNC(=O)CCCCCCCCCCCCCCCCC)C(=O)CCCCCCCCC(N)=O. The first-order valence-electron chi connectivity index (χ1n) is 25.5. The minimum atomic E-state index is -0.242. The molecule has 4 N–H and O–H groups in total. The van der Waals surface area contributed by atoms with Crippen molar-refractivity contribution in [1.29, 1.82) is 0 Å². The van der Waals surface area contributed by atoms with Gasteiger partial charge >= 0.3 is 0 Å². The van der Waals surface area contributed by atoms with Crippen LogP contribution in [0, 0.1) is 0 Å². The van der Waals surface area contributed by atoms with Gasteiger partial charge in [0.25, 0.3) is 0 Å². The fourth-order valence-corrected chi connectivity index (χ4v) is 7.95. The van der Waals surface area contributed by atoms with Gasteiger partial charge in [-0.2, -0.15) is 0 Å². The highest BCUT2D eigenvalue weighted by molar-refractivity contribution is 5.78. The Labute approximate surface area is 359 Å². The third kappa shape index (κ3) is 43.5. The van der Waals surface area contributed by atoms with Crippen molar-refractivity contribution in [2.45, 2.75) is 271 Å². The van der Waals surface area contributed by atoms with Crippen LogP contribution >= 0.6 is 0 Å². The summed E-state index contributed by atoms with van der Waals surface area (Å²) in [7, 11) is 0. The van der Waals surface area contributed by atoms with Gasteiger partial charge in [0, 0.05) is 51.9 Å². The average molecular weight is 819 g/mol. The maximum Gasteiger partial charge on any atom is 0.222 e. The van der Waals surface area contributed by atoms with Gasteiger partial charge in [-0.15, -0.1) is 0 Å². The van der Waals surface area contributed by atoms with Gasteiger partial charge in [-0.05, 0) is 25.7 Å². The van der Waals surface area contributed by atoms with Crippen molar-refractivity contribution >= 4 is 23.6 Å². The predicted octanol–water partition coefficient (Wildman–Crippen LogP) is 13.2. The molecule has 0 spiro atoms. The molecule has 0 radical (unpaired) electrons. The Morgan fingerprint density at radius 3 is 0.862 bits per heavy atom. The van der Waals surface area contributed by atoms with Crippen LogP contribution in [0.3, 0.4) is 0 Å². The molecule has 0 aliphatic carbocycles. The number of amides is 4. The summed E-state index contributed by atoms with van der Waals surface area (Å²) in [6, 6.07) is 0. The fourth-order valence-electron chi connectivity index (χ4n) is 7.95. The van der Waals surface area contributed by atoms with E-state index in [1.54, 1.807) is 0 Å². The van der Waals surface area contributed by atoms with Crippen LogP contribution in [0.5, 0.6) is 0 Å². The van der Waals surface area contributed by atoms with E-state index in [0.717, 1.165) is 64.2 Å².